The van der Waals surface area contributed by atoms with Gasteiger partial charge in [0.15, 0.2) is 5.82 Å². The average Bonchev–Trinajstić information content (AvgIpc) is 3.24. The number of hydrogen-bond donors (Lipinski definition) is 4. The van der Waals surface area contributed by atoms with Crippen molar-refractivity contribution in [1.29, 1.82) is 0 Å². The van der Waals surface area contributed by atoms with Crippen molar-refractivity contribution in [2.45, 2.75) is 18.9 Å². The van der Waals surface area contributed by atoms with Crippen LogP contribution in [0.2, 0.25) is 0 Å². The zero-order chi connectivity index (χ0) is 15.6. The summed E-state index contributed by atoms with van der Waals surface area (Å²) in [6, 6.07) is 10.5. The molecule has 2 aromatic heterocycles. The fourth-order valence-corrected chi connectivity index (χ4v) is 3.00. The van der Waals surface area contributed by atoms with Gasteiger partial charge in [0.05, 0.1) is 0 Å². The third-order valence-corrected chi connectivity index (χ3v) is 4.16. The first-order valence-electron chi connectivity index (χ1n) is 7.82. The molecule has 7 heteroatoms. The number of hydrogen-bond acceptors (Lipinski definition) is 5. The van der Waals surface area contributed by atoms with Gasteiger partial charge in [0, 0.05) is 18.0 Å². The Hall–Kier alpha value is -2.67. The summed E-state index contributed by atoms with van der Waals surface area (Å²) in [6.45, 7) is 1.91. The van der Waals surface area contributed by atoms with Gasteiger partial charge < -0.3 is 10.6 Å². The summed E-state index contributed by atoms with van der Waals surface area (Å²) in [5.74, 6) is 1.26. The molecular weight excluding hydrogens is 292 g/mol. The van der Waals surface area contributed by atoms with Gasteiger partial charge in [-0.05, 0) is 30.8 Å². The molecule has 0 bridgehead atoms. The lowest BCUT2D eigenvalue weighted by atomic mass is 10.1. The summed E-state index contributed by atoms with van der Waals surface area (Å²) >= 11 is 0. The molecule has 0 aliphatic carbocycles. The molecule has 4 N–H and O–H groups in total. The number of benzene rings is 1. The van der Waals surface area contributed by atoms with Crippen LogP contribution in [0.15, 0.2) is 35.1 Å². The van der Waals surface area contributed by atoms with Gasteiger partial charge in [-0.2, -0.15) is 5.10 Å². The van der Waals surface area contributed by atoms with Crippen molar-refractivity contribution < 1.29 is 0 Å². The molecule has 1 aromatic carbocycles. The van der Waals surface area contributed by atoms with Crippen LogP contribution in [0.1, 0.15) is 12.8 Å². The molecule has 1 aliphatic rings. The van der Waals surface area contributed by atoms with Crippen molar-refractivity contribution in [2.75, 3.05) is 18.4 Å². The van der Waals surface area contributed by atoms with Crippen LogP contribution in [0.3, 0.4) is 0 Å². The van der Waals surface area contributed by atoms with Gasteiger partial charge in [0.2, 0.25) is 0 Å². The lowest BCUT2D eigenvalue weighted by Gasteiger charge is -2.14. The summed E-state index contributed by atoms with van der Waals surface area (Å²) in [5, 5.41) is 15.4. The summed E-state index contributed by atoms with van der Waals surface area (Å²) in [6.07, 6.45) is 2.40. The van der Waals surface area contributed by atoms with E-state index in [2.05, 4.69) is 30.8 Å². The minimum absolute atomic E-state index is 0.334. The van der Waals surface area contributed by atoms with Crippen LogP contribution in [0.4, 0.5) is 5.82 Å². The highest BCUT2D eigenvalue weighted by Crippen LogP contribution is 2.26. The second kappa shape index (κ2) is 5.85. The number of aromatic nitrogens is 4. The van der Waals surface area contributed by atoms with E-state index in [1.165, 1.54) is 12.8 Å². The predicted octanol–water partition coefficient (Wildman–Crippen LogP) is 1.48. The highest BCUT2D eigenvalue weighted by atomic mass is 16.1. The van der Waals surface area contributed by atoms with Crippen molar-refractivity contribution >= 4 is 16.6 Å². The van der Waals surface area contributed by atoms with Crippen LogP contribution in [0, 0.1) is 0 Å². The number of nitrogens with zero attached hydrogens (tertiary/aromatic N) is 2. The summed E-state index contributed by atoms with van der Waals surface area (Å²) in [7, 11) is 0. The van der Waals surface area contributed by atoms with Gasteiger partial charge in [-0.15, -0.1) is 0 Å². The van der Waals surface area contributed by atoms with Gasteiger partial charge in [0.25, 0.3) is 0 Å². The molecule has 118 valence electrons. The Morgan fingerprint density at radius 2 is 2.22 bits per heavy atom. The number of aromatic amines is 2. The van der Waals surface area contributed by atoms with Crippen molar-refractivity contribution in [1.82, 2.24) is 25.5 Å². The maximum absolute atomic E-state index is 11.3. The monoisotopic (exact) mass is 310 g/mol. The lowest BCUT2D eigenvalue weighted by Crippen LogP contribution is -2.29. The Kier molecular flexibility index (Phi) is 3.55. The van der Waals surface area contributed by atoms with E-state index in [0.717, 1.165) is 29.7 Å². The van der Waals surface area contributed by atoms with Crippen LogP contribution in [-0.4, -0.2) is 39.3 Å². The fraction of sp³-hybridized carbons (Fsp3) is 0.312. The van der Waals surface area contributed by atoms with Gasteiger partial charge in [-0.25, -0.2) is 14.9 Å². The Balaban J connectivity index is 1.72. The highest BCUT2D eigenvalue weighted by Gasteiger charge is 2.15. The highest BCUT2D eigenvalue weighted by molar-refractivity contribution is 5.94. The maximum Gasteiger partial charge on any atom is 0.340 e. The number of H-pyrrole nitrogens is 2. The molecule has 0 radical (unpaired) electrons. The molecule has 3 heterocycles. The minimum atomic E-state index is -0.334. The molecule has 1 fully saturated rings. The molecule has 1 aliphatic heterocycles. The Labute approximate surface area is 132 Å². The lowest BCUT2D eigenvalue weighted by molar-refractivity contribution is 0.633. The van der Waals surface area contributed by atoms with Gasteiger partial charge in [0.1, 0.15) is 11.5 Å². The number of nitrogens with one attached hydrogen (secondary N) is 4. The predicted molar refractivity (Wildman–Crippen MR) is 89.5 cm³/mol. The molecule has 0 unspecified atom stereocenters. The zero-order valence-corrected chi connectivity index (χ0v) is 12.6. The quantitative estimate of drug-likeness (QED) is 0.585. The van der Waals surface area contributed by atoms with Crippen LogP contribution in [-0.2, 0) is 0 Å². The second-order valence-electron chi connectivity index (χ2n) is 5.78. The first kappa shape index (κ1) is 14.0. The third-order valence-electron chi connectivity index (χ3n) is 4.16. The largest absolute Gasteiger partial charge is 0.368 e. The summed E-state index contributed by atoms with van der Waals surface area (Å²) in [5.41, 5.74) is 0.309. The van der Waals surface area contributed by atoms with Crippen molar-refractivity contribution in [2.24, 2.45) is 0 Å². The molecule has 0 saturated carbocycles. The molecule has 0 amide bonds. The SMILES string of the molecule is O=c1[nH]nc(-c2cc3ccccc3c(NC[C@@H]3CCCN3)n2)[nH]1. The van der Waals surface area contributed by atoms with E-state index in [1.807, 2.05) is 30.3 Å². The van der Waals surface area contributed by atoms with E-state index in [-0.39, 0.29) is 5.69 Å². The topological polar surface area (TPSA) is 98.5 Å². The van der Waals surface area contributed by atoms with E-state index in [1.54, 1.807) is 0 Å². The van der Waals surface area contributed by atoms with Gasteiger partial charge in [-0.3, -0.25) is 4.98 Å². The van der Waals surface area contributed by atoms with Crippen LogP contribution < -0.4 is 16.3 Å². The number of fused-ring (bicyclic) bond motifs is 1. The molecule has 3 aromatic rings. The molecule has 4 rings (SSSR count). The zero-order valence-electron chi connectivity index (χ0n) is 12.6. The first-order valence-corrected chi connectivity index (χ1v) is 7.82. The van der Waals surface area contributed by atoms with Crippen molar-refractivity contribution in [3.63, 3.8) is 0 Å². The standard InChI is InChI=1S/C16H18N6O/c23-16-20-15(21-22-16)13-8-10-4-1-2-6-12(10)14(19-13)18-9-11-5-3-7-17-11/h1-2,4,6,8,11,17H,3,5,7,9H2,(H,18,19)(H2,20,21,22,23)/t11-/m0/s1. The number of anilines is 1. The van der Waals surface area contributed by atoms with Crippen LogP contribution in [0.25, 0.3) is 22.3 Å². The molecular formula is C16H18N6O. The Morgan fingerprint density at radius 1 is 1.30 bits per heavy atom. The van der Waals surface area contributed by atoms with E-state index in [4.69, 9.17) is 0 Å². The average molecular weight is 310 g/mol. The van der Waals surface area contributed by atoms with E-state index < -0.39 is 0 Å². The normalized spacial score (nSPS) is 17.7. The smallest absolute Gasteiger partial charge is 0.340 e. The third kappa shape index (κ3) is 2.83. The van der Waals surface area contributed by atoms with E-state index in [9.17, 15) is 4.79 Å². The Bertz CT molecular complexity index is 877. The number of pyridine rings is 1. The Morgan fingerprint density at radius 3 is 3.00 bits per heavy atom. The second-order valence-corrected chi connectivity index (χ2v) is 5.78. The fourth-order valence-electron chi connectivity index (χ4n) is 3.00. The molecule has 7 nitrogen and oxygen atoms in total. The maximum atomic E-state index is 11.3. The molecule has 1 saturated heterocycles. The number of rotatable bonds is 4. The minimum Gasteiger partial charge on any atom is -0.368 e. The van der Waals surface area contributed by atoms with Crippen LogP contribution >= 0.6 is 0 Å². The van der Waals surface area contributed by atoms with Crippen molar-refractivity contribution in [3.05, 3.63) is 40.8 Å². The van der Waals surface area contributed by atoms with E-state index in [0.29, 0.717) is 17.6 Å². The molecule has 0 spiro atoms. The summed E-state index contributed by atoms with van der Waals surface area (Å²) in [4.78, 5) is 18.6. The first-order chi connectivity index (χ1) is 11.3. The molecule has 1 atom stereocenters. The molecule has 23 heavy (non-hydrogen) atoms. The van der Waals surface area contributed by atoms with Gasteiger partial charge >= 0.3 is 5.69 Å². The summed E-state index contributed by atoms with van der Waals surface area (Å²) < 4.78 is 0. The van der Waals surface area contributed by atoms with E-state index >= 15 is 0 Å². The van der Waals surface area contributed by atoms with Crippen molar-refractivity contribution in [3.8, 4) is 11.5 Å². The van der Waals surface area contributed by atoms with Gasteiger partial charge in [-0.1, -0.05) is 24.3 Å². The van der Waals surface area contributed by atoms with Crippen LogP contribution in [0.5, 0.6) is 0 Å².